The zero-order chi connectivity index (χ0) is 24.7. The largest absolute Gasteiger partial charge is 0.497 e. The number of fused-ring (bicyclic) bond motifs is 1. The zero-order valence-corrected chi connectivity index (χ0v) is 20.6. The quantitative estimate of drug-likeness (QED) is 0.215. The number of benzene rings is 3. The van der Waals surface area contributed by atoms with Gasteiger partial charge in [0.2, 0.25) is 0 Å². The lowest BCUT2D eigenvalue weighted by molar-refractivity contribution is -0.311. The molecule has 8 nitrogen and oxygen atoms in total. The van der Waals surface area contributed by atoms with Gasteiger partial charge in [0.1, 0.15) is 29.4 Å². The first-order valence-corrected chi connectivity index (χ1v) is 12.6. The fraction of sp³-hybridized carbons (Fsp3) is 0.333. The fourth-order valence-corrected chi connectivity index (χ4v) is 5.49. The van der Waals surface area contributed by atoms with Crippen molar-refractivity contribution in [3.63, 3.8) is 0 Å². The molecule has 0 bridgehead atoms. The molecule has 9 heteroatoms. The van der Waals surface area contributed by atoms with Crippen LogP contribution in [0.3, 0.4) is 0 Å². The van der Waals surface area contributed by atoms with Gasteiger partial charge in [-0.25, -0.2) is 0 Å². The predicted molar refractivity (Wildman–Crippen MR) is 135 cm³/mol. The minimum Gasteiger partial charge on any atom is -0.497 e. The maximum absolute atomic E-state index is 9.45. The molecule has 36 heavy (non-hydrogen) atoms. The summed E-state index contributed by atoms with van der Waals surface area (Å²) < 4.78 is 30.6. The Labute approximate surface area is 214 Å². The molecule has 2 aliphatic heterocycles. The number of hydrogen-bond donors (Lipinski definition) is 0. The Balaban J connectivity index is 1.41. The van der Waals surface area contributed by atoms with Gasteiger partial charge in [-0.2, -0.15) is 0 Å². The summed E-state index contributed by atoms with van der Waals surface area (Å²) in [6.45, 7) is 0.653. The second-order valence-corrected chi connectivity index (χ2v) is 9.64. The number of hydrogen-bond acceptors (Lipinski definition) is 7. The first-order chi connectivity index (χ1) is 17.7. The Bertz CT molecular complexity index is 1160. The Morgan fingerprint density at radius 1 is 0.972 bits per heavy atom. The molecule has 0 radical (unpaired) electrons. The standard InChI is InChI=1S/C27H27N3O5S/c1-31-20-14-12-18(13-15-20)16-32-25-23(29-30-28)27(36-21-10-6-3-7-11-21)34-22-17-33-26(35-24(22)25)19-8-4-2-5-9-19/h2-15,22-27H,16-17H2,1H3/t22-,23-,24+,25-,26?,27+/m1/s1. The van der Waals surface area contributed by atoms with Crippen LogP contribution >= 0.6 is 11.8 Å². The van der Waals surface area contributed by atoms with E-state index in [1.807, 2.05) is 84.9 Å². The van der Waals surface area contributed by atoms with Gasteiger partial charge in [0.15, 0.2) is 6.29 Å². The Morgan fingerprint density at radius 2 is 1.69 bits per heavy atom. The molecule has 6 atom stereocenters. The van der Waals surface area contributed by atoms with Gasteiger partial charge in [0.25, 0.3) is 0 Å². The van der Waals surface area contributed by atoms with Crippen LogP contribution in [0.5, 0.6) is 5.75 Å². The van der Waals surface area contributed by atoms with E-state index in [1.54, 1.807) is 7.11 Å². The molecule has 3 aromatic carbocycles. The maximum Gasteiger partial charge on any atom is 0.184 e. The molecule has 0 aliphatic carbocycles. The summed E-state index contributed by atoms with van der Waals surface area (Å²) in [5.41, 5.74) is 10.9. The van der Waals surface area contributed by atoms with E-state index in [9.17, 15) is 5.53 Å². The minimum absolute atomic E-state index is 0.318. The van der Waals surface area contributed by atoms with Gasteiger partial charge in [-0.1, -0.05) is 77.5 Å². The monoisotopic (exact) mass is 505 g/mol. The first-order valence-electron chi connectivity index (χ1n) is 11.7. The summed E-state index contributed by atoms with van der Waals surface area (Å²) in [5, 5.41) is 4.14. The third kappa shape index (κ3) is 5.68. The average Bonchev–Trinajstić information content (AvgIpc) is 2.94. The molecule has 5 rings (SSSR count). The molecular formula is C27H27N3O5S. The highest BCUT2D eigenvalue weighted by atomic mass is 32.2. The van der Waals surface area contributed by atoms with E-state index in [1.165, 1.54) is 11.8 Å². The number of thioether (sulfide) groups is 1. The van der Waals surface area contributed by atoms with Crippen LogP contribution in [0.25, 0.3) is 10.4 Å². The summed E-state index contributed by atoms with van der Waals surface area (Å²) in [7, 11) is 1.63. The second-order valence-electron chi connectivity index (χ2n) is 8.47. The second kappa shape index (κ2) is 11.8. The summed E-state index contributed by atoms with van der Waals surface area (Å²) in [4.78, 5) is 4.15. The van der Waals surface area contributed by atoms with Crippen molar-refractivity contribution in [1.82, 2.24) is 0 Å². The van der Waals surface area contributed by atoms with Gasteiger partial charge in [0, 0.05) is 15.4 Å². The molecular weight excluding hydrogens is 478 g/mol. The molecule has 0 N–H and O–H groups in total. The van der Waals surface area contributed by atoms with E-state index in [-0.39, 0.29) is 6.10 Å². The highest BCUT2D eigenvalue weighted by Gasteiger charge is 2.50. The topological polar surface area (TPSA) is 94.9 Å². The Hall–Kier alpha value is -3.04. The molecule has 2 fully saturated rings. The number of ether oxygens (including phenoxy) is 5. The number of azide groups is 1. The van der Waals surface area contributed by atoms with E-state index < -0.39 is 30.0 Å². The molecule has 0 amide bonds. The van der Waals surface area contributed by atoms with E-state index >= 15 is 0 Å². The number of rotatable bonds is 8. The molecule has 0 saturated carbocycles. The van der Waals surface area contributed by atoms with Crippen LogP contribution < -0.4 is 4.74 Å². The molecule has 0 aromatic heterocycles. The Morgan fingerprint density at radius 3 is 2.39 bits per heavy atom. The molecule has 2 aliphatic rings. The van der Waals surface area contributed by atoms with Crippen molar-refractivity contribution in [2.45, 2.75) is 47.6 Å². The van der Waals surface area contributed by atoms with Crippen molar-refractivity contribution in [2.75, 3.05) is 13.7 Å². The van der Waals surface area contributed by atoms with E-state index in [0.717, 1.165) is 21.8 Å². The average molecular weight is 506 g/mol. The van der Waals surface area contributed by atoms with Crippen LogP contribution in [-0.4, -0.2) is 43.5 Å². The third-order valence-electron chi connectivity index (χ3n) is 6.16. The number of methoxy groups -OCH3 is 1. The minimum atomic E-state index is -0.616. The van der Waals surface area contributed by atoms with E-state index in [2.05, 4.69) is 10.0 Å². The van der Waals surface area contributed by atoms with E-state index in [0.29, 0.717) is 13.2 Å². The Kier molecular flexibility index (Phi) is 8.08. The zero-order valence-electron chi connectivity index (χ0n) is 19.8. The van der Waals surface area contributed by atoms with Crippen LogP contribution in [-0.2, 0) is 25.6 Å². The fourth-order valence-electron chi connectivity index (χ4n) is 4.36. The van der Waals surface area contributed by atoms with E-state index in [4.69, 9.17) is 23.7 Å². The maximum atomic E-state index is 9.45. The van der Waals surface area contributed by atoms with Gasteiger partial charge >= 0.3 is 0 Å². The normalized spacial score (nSPS) is 27.5. The van der Waals surface area contributed by atoms with Crippen molar-refractivity contribution in [1.29, 1.82) is 0 Å². The summed E-state index contributed by atoms with van der Waals surface area (Å²) in [6.07, 6.45) is -1.96. The van der Waals surface area contributed by atoms with Crippen LogP contribution in [0.1, 0.15) is 17.4 Å². The van der Waals surface area contributed by atoms with Crippen LogP contribution in [0.2, 0.25) is 0 Å². The predicted octanol–water partition coefficient (Wildman–Crippen LogP) is 5.89. The van der Waals surface area contributed by atoms with Gasteiger partial charge in [0.05, 0.1) is 26.4 Å². The molecule has 2 saturated heterocycles. The molecule has 2 heterocycles. The van der Waals surface area contributed by atoms with Crippen LogP contribution in [0.15, 0.2) is 94.9 Å². The molecule has 186 valence electrons. The molecule has 0 spiro atoms. The van der Waals surface area contributed by atoms with Crippen LogP contribution in [0, 0.1) is 0 Å². The van der Waals surface area contributed by atoms with Crippen molar-refractivity contribution in [3.8, 4) is 5.75 Å². The smallest absolute Gasteiger partial charge is 0.184 e. The summed E-state index contributed by atoms with van der Waals surface area (Å²) >= 11 is 1.50. The van der Waals surface area contributed by atoms with Gasteiger partial charge in [-0.15, -0.1) is 0 Å². The summed E-state index contributed by atoms with van der Waals surface area (Å²) in [6, 6.07) is 26.7. The lowest BCUT2D eigenvalue weighted by Gasteiger charge is -2.48. The van der Waals surface area contributed by atoms with Gasteiger partial charge in [-0.3, -0.25) is 0 Å². The third-order valence-corrected chi connectivity index (χ3v) is 7.33. The first kappa shape index (κ1) is 24.6. The van der Waals surface area contributed by atoms with Crippen molar-refractivity contribution >= 4 is 11.8 Å². The highest BCUT2D eigenvalue weighted by Crippen LogP contribution is 2.41. The van der Waals surface area contributed by atoms with Gasteiger partial charge in [-0.05, 0) is 35.4 Å². The van der Waals surface area contributed by atoms with Gasteiger partial charge < -0.3 is 23.7 Å². The summed E-state index contributed by atoms with van der Waals surface area (Å²) in [5.74, 6) is 0.773. The SMILES string of the molecule is COc1ccc(CO[C@@H]2[C@@H](N=[N+]=[N-])[C@H](Sc3ccccc3)O[C@@H]3COC(c4ccccc4)O[C@H]23)cc1. The van der Waals surface area contributed by atoms with Crippen molar-refractivity contribution < 1.29 is 23.7 Å². The number of nitrogens with zero attached hydrogens (tertiary/aromatic N) is 3. The molecule has 1 unspecified atom stereocenters. The lowest BCUT2D eigenvalue weighted by atomic mass is 9.97. The van der Waals surface area contributed by atoms with Crippen LogP contribution in [0.4, 0.5) is 0 Å². The molecule has 3 aromatic rings. The lowest BCUT2D eigenvalue weighted by Crippen LogP contribution is -2.61. The van der Waals surface area contributed by atoms with Crippen molar-refractivity contribution in [3.05, 3.63) is 106 Å². The van der Waals surface area contributed by atoms with Crippen molar-refractivity contribution in [2.24, 2.45) is 5.11 Å². The highest BCUT2D eigenvalue weighted by molar-refractivity contribution is 7.99.